The fourth-order valence-electron chi connectivity index (χ4n) is 2.98. The molecule has 24 heavy (non-hydrogen) atoms. The molecule has 1 saturated carbocycles. The Morgan fingerprint density at radius 1 is 1.17 bits per heavy atom. The number of benzene rings is 1. The maximum absolute atomic E-state index is 11.9. The van der Waals surface area contributed by atoms with Crippen LogP contribution in [0.15, 0.2) is 42.6 Å². The lowest BCUT2D eigenvalue weighted by Crippen LogP contribution is -2.43. The Bertz CT molecular complexity index is 648. The highest BCUT2D eigenvalue weighted by Gasteiger charge is 2.20. The number of rotatable bonds is 5. The van der Waals surface area contributed by atoms with Crippen molar-refractivity contribution in [2.24, 2.45) is 0 Å². The number of aliphatic hydroxyl groups is 1. The van der Waals surface area contributed by atoms with E-state index in [-0.39, 0.29) is 18.2 Å². The SMILES string of the molecule is O=C(NCc1ccn(Cc2ccccc2)n1)NC1CCC(O)CC1. The van der Waals surface area contributed by atoms with Crippen LogP contribution in [0, 0.1) is 0 Å². The van der Waals surface area contributed by atoms with Crippen LogP contribution in [0.1, 0.15) is 36.9 Å². The van der Waals surface area contributed by atoms with E-state index in [2.05, 4.69) is 27.9 Å². The van der Waals surface area contributed by atoms with Gasteiger partial charge in [-0.3, -0.25) is 4.68 Å². The van der Waals surface area contributed by atoms with Crippen LogP contribution in [0.25, 0.3) is 0 Å². The van der Waals surface area contributed by atoms with Gasteiger partial charge < -0.3 is 15.7 Å². The van der Waals surface area contributed by atoms with Crippen molar-refractivity contribution in [3.05, 3.63) is 53.9 Å². The van der Waals surface area contributed by atoms with Gasteiger partial charge in [-0.1, -0.05) is 30.3 Å². The number of urea groups is 1. The Balaban J connectivity index is 1.42. The summed E-state index contributed by atoms with van der Waals surface area (Å²) in [6, 6.07) is 12.0. The van der Waals surface area contributed by atoms with Crippen molar-refractivity contribution in [1.82, 2.24) is 20.4 Å². The number of nitrogens with zero attached hydrogens (tertiary/aromatic N) is 2. The number of carbonyl (C=O) groups excluding carboxylic acids is 1. The first-order chi connectivity index (χ1) is 11.7. The summed E-state index contributed by atoms with van der Waals surface area (Å²) in [5.74, 6) is 0. The third-order valence-corrected chi connectivity index (χ3v) is 4.35. The minimum atomic E-state index is -0.209. The highest BCUT2D eigenvalue weighted by Crippen LogP contribution is 2.18. The molecule has 0 atom stereocenters. The molecule has 1 aromatic carbocycles. The van der Waals surface area contributed by atoms with E-state index in [1.165, 1.54) is 5.56 Å². The standard InChI is InChI=1S/C18H24N4O2/c23-17-8-6-15(7-9-17)20-18(24)19-12-16-10-11-22(21-16)13-14-4-2-1-3-5-14/h1-5,10-11,15,17,23H,6-9,12-13H2,(H2,19,20,24). The molecule has 0 spiro atoms. The molecular weight excluding hydrogens is 304 g/mol. The van der Waals surface area contributed by atoms with Gasteiger partial charge in [-0.2, -0.15) is 5.10 Å². The lowest BCUT2D eigenvalue weighted by atomic mass is 9.93. The van der Waals surface area contributed by atoms with E-state index in [9.17, 15) is 9.90 Å². The number of hydrogen-bond donors (Lipinski definition) is 3. The molecule has 1 fully saturated rings. The number of aromatic nitrogens is 2. The van der Waals surface area contributed by atoms with Crippen molar-refractivity contribution in [3.63, 3.8) is 0 Å². The Morgan fingerprint density at radius 3 is 2.67 bits per heavy atom. The van der Waals surface area contributed by atoms with Gasteiger partial charge in [0.2, 0.25) is 0 Å². The quantitative estimate of drug-likeness (QED) is 0.786. The molecule has 1 heterocycles. The molecule has 6 nitrogen and oxygen atoms in total. The van der Waals surface area contributed by atoms with E-state index in [4.69, 9.17) is 0 Å². The van der Waals surface area contributed by atoms with Gasteiger partial charge in [-0.25, -0.2) is 4.79 Å². The normalized spacial score (nSPS) is 20.5. The highest BCUT2D eigenvalue weighted by molar-refractivity contribution is 5.74. The molecule has 1 aliphatic carbocycles. The zero-order valence-electron chi connectivity index (χ0n) is 13.7. The maximum atomic E-state index is 11.9. The minimum Gasteiger partial charge on any atom is -0.393 e. The van der Waals surface area contributed by atoms with Crippen LogP contribution in [-0.4, -0.2) is 33.1 Å². The predicted octanol–water partition coefficient (Wildman–Crippen LogP) is 2.03. The molecule has 2 aromatic rings. The number of hydrogen-bond acceptors (Lipinski definition) is 3. The molecule has 6 heteroatoms. The first kappa shape index (κ1) is 16.5. The summed E-state index contributed by atoms with van der Waals surface area (Å²) in [7, 11) is 0. The molecule has 0 aliphatic heterocycles. The van der Waals surface area contributed by atoms with Gasteiger partial charge in [0.25, 0.3) is 0 Å². The first-order valence-electron chi connectivity index (χ1n) is 8.48. The van der Waals surface area contributed by atoms with Crippen LogP contribution in [0.4, 0.5) is 4.79 Å². The van der Waals surface area contributed by atoms with E-state index in [1.54, 1.807) is 0 Å². The van der Waals surface area contributed by atoms with E-state index in [1.807, 2.05) is 35.1 Å². The Kier molecular flexibility index (Phi) is 5.48. The molecule has 0 bridgehead atoms. The largest absolute Gasteiger partial charge is 0.393 e. The molecule has 1 aliphatic rings. The Morgan fingerprint density at radius 2 is 1.92 bits per heavy atom. The molecule has 0 unspecified atom stereocenters. The van der Waals surface area contributed by atoms with E-state index in [0.717, 1.165) is 37.9 Å². The van der Waals surface area contributed by atoms with E-state index in [0.29, 0.717) is 6.54 Å². The lowest BCUT2D eigenvalue weighted by molar-refractivity contribution is 0.117. The summed E-state index contributed by atoms with van der Waals surface area (Å²) < 4.78 is 1.87. The highest BCUT2D eigenvalue weighted by atomic mass is 16.3. The topological polar surface area (TPSA) is 79.2 Å². The minimum absolute atomic E-state index is 0.157. The van der Waals surface area contributed by atoms with Crippen LogP contribution >= 0.6 is 0 Å². The molecule has 128 valence electrons. The maximum Gasteiger partial charge on any atom is 0.315 e. The summed E-state index contributed by atoms with van der Waals surface area (Å²) in [6.07, 6.45) is 4.90. The fraction of sp³-hybridized carbons (Fsp3) is 0.444. The van der Waals surface area contributed by atoms with Gasteiger partial charge in [0.05, 0.1) is 24.9 Å². The van der Waals surface area contributed by atoms with E-state index >= 15 is 0 Å². The van der Waals surface area contributed by atoms with Gasteiger partial charge in [0.1, 0.15) is 0 Å². The van der Waals surface area contributed by atoms with Gasteiger partial charge >= 0.3 is 6.03 Å². The molecule has 2 amide bonds. The van der Waals surface area contributed by atoms with Gasteiger partial charge in [0.15, 0.2) is 0 Å². The zero-order chi connectivity index (χ0) is 16.8. The summed E-state index contributed by atoms with van der Waals surface area (Å²) in [6.45, 7) is 1.13. The first-order valence-corrected chi connectivity index (χ1v) is 8.48. The summed E-state index contributed by atoms with van der Waals surface area (Å²) >= 11 is 0. The van der Waals surface area contributed by atoms with Crippen molar-refractivity contribution < 1.29 is 9.90 Å². The van der Waals surface area contributed by atoms with Crippen LogP contribution < -0.4 is 10.6 Å². The van der Waals surface area contributed by atoms with E-state index < -0.39 is 0 Å². The Hall–Kier alpha value is -2.34. The van der Waals surface area contributed by atoms with Gasteiger partial charge in [-0.15, -0.1) is 0 Å². The molecule has 3 N–H and O–H groups in total. The van der Waals surface area contributed by atoms with Crippen molar-refractivity contribution in [1.29, 1.82) is 0 Å². The smallest absolute Gasteiger partial charge is 0.315 e. The van der Waals surface area contributed by atoms with Crippen molar-refractivity contribution in [2.75, 3.05) is 0 Å². The molecular formula is C18H24N4O2. The second kappa shape index (κ2) is 7.97. The van der Waals surface area contributed by atoms with Gasteiger partial charge in [-0.05, 0) is 37.3 Å². The van der Waals surface area contributed by atoms with Crippen LogP contribution in [0.3, 0.4) is 0 Å². The molecule has 0 radical (unpaired) electrons. The molecule has 1 aromatic heterocycles. The average Bonchev–Trinajstić information content (AvgIpc) is 3.03. The van der Waals surface area contributed by atoms with Gasteiger partial charge in [0, 0.05) is 12.2 Å². The molecule has 3 rings (SSSR count). The Labute approximate surface area is 141 Å². The second-order valence-corrected chi connectivity index (χ2v) is 6.32. The average molecular weight is 328 g/mol. The van der Waals surface area contributed by atoms with Crippen molar-refractivity contribution in [2.45, 2.75) is 50.9 Å². The lowest BCUT2D eigenvalue weighted by Gasteiger charge is -2.26. The predicted molar refractivity (Wildman–Crippen MR) is 91.4 cm³/mol. The number of nitrogens with one attached hydrogen (secondary N) is 2. The summed E-state index contributed by atoms with van der Waals surface area (Å²) in [5.41, 5.74) is 2.03. The second-order valence-electron chi connectivity index (χ2n) is 6.32. The summed E-state index contributed by atoms with van der Waals surface area (Å²) in [4.78, 5) is 11.9. The van der Waals surface area contributed by atoms with Crippen LogP contribution in [-0.2, 0) is 13.1 Å². The third kappa shape index (κ3) is 4.83. The number of carbonyl (C=O) groups is 1. The van der Waals surface area contributed by atoms with Crippen LogP contribution in [0.2, 0.25) is 0 Å². The number of aliphatic hydroxyl groups excluding tert-OH is 1. The van der Waals surface area contributed by atoms with Crippen LogP contribution in [0.5, 0.6) is 0 Å². The fourth-order valence-corrected chi connectivity index (χ4v) is 2.98. The third-order valence-electron chi connectivity index (χ3n) is 4.35. The zero-order valence-corrected chi connectivity index (χ0v) is 13.7. The number of amides is 2. The summed E-state index contributed by atoms with van der Waals surface area (Å²) in [5, 5.41) is 19.8. The van der Waals surface area contributed by atoms with Crippen molar-refractivity contribution in [3.8, 4) is 0 Å². The molecule has 0 saturated heterocycles. The monoisotopic (exact) mass is 328 g/mol. The van der Waals surface area contributed by atoms with Crippen molar-refractivity contribution >= 4 is 6.03 Å².